The molecule has 1 aromatic heterocycles. The molecule has 2 aromatic carbocycles. The predicted molar refractivity (Wildman–Crippen MR) is 103 cm³/mol. The molecule has 1 heterocycles. The van der Waals surface area contributed by atoms with Crippen LogP contribution >= 0.6 is 0 Å². The molecule has 138 valence electrons. The highest BCUT2D eigenvalue weighted by molar-refractivity contribution is 7.89. The summed E-state index contributed by atoms with van der Waals surface area (Å²) in [6.07, 6.45) is 5.30. The fourth-order valence-electron chi connectivity index (χ4n) is 2.29. The minimum absolute atomic E-state index is 0.0269. The van der Waals surface area contributed by atoms with Crippen molar-refractivity contribution in [2.24, 2.45) is 0 Å². The zero-order valence-electron chi connectivity index (χ0n) is 14.8. The third kappa shape index (κ3) is 5.20. The number of imidazole rings is 1. The van der Waals surface area contributed by atoms with Crippen LogP contribution in [0.15, 0.2) is 72.1 Å². The van der Waals surface area contributed by atoms with Gasteiger partial charge in [0.1, 0.15) is 12.4 Å². The molecule has 0 spiro atoms. The molecule has 0 saturated carbocycles. The minimum atomic E-state index is -3.54. The summed E-state index contributed by atoms with van der Waals surface area (Å²) in [4.78, 5) is 4.23. The number of hydrogen-bond donors (Lipinski definition) is 1. The van der Waals surface area contributed by atoms with Gasteiger partial charge < -0.3 is 9.30 Å². The molecule has 3 aromatic rings. The van der Waals surface area contributed by atoms with E-state index in [1.807, 2.05) is 42.0 Å². The summed E-state index contributed by atoms with van der Waals surface area (Å²) >= 11 is 0. The fraction of sp³-hybridized carbons (Fsp3) is 0.150. The Bertz CT molecular complexity index is 1030. The Hall–Kier alpha value is -3.08. The average Bonchev–Trinajstić information content (AvgIpc) is 3.20. The maximum absolute atomic E-state index is 12.1. The number of hydrogen-bond acceptors (Lipinski definition) is 4. The Morgan fingerprint density at radius 3 is 2.48 bits per heavy atom. The van der Waals surface area contributed by atoms with Gasteiger partial charge in [-0.3, -0.25) is 0 Å². The van der Waals surface area contributed by atoms with Crippen molar-refractivity contribution >= 4 is 10.0 Å². The van der Waals surface area contributed by atoms with Crippen molar-refractivity contribution in [2.45, 2.75) is 11.8 Å². The van der Waals surface area contributed by atoms with E-state index in [4.69, 9.17) is 4.74 Å². The lowest BCUT2D eigenvalue weighted by molar-refractivity contribution is 0.370. The van der Waals surface area contributed by atoms with Crippen molar-refractivity contribution in [3.63, 3.8) is 0 Å². The highest BCUT2D eigenvalue weighted by atomic mass is 32.2. The van der Waals surface area contributed by atoms with E-state index in [1.165, 1.54) is 0 Å². The van der Waals surface area contributed by atoms with Crippen molar-refractivity contribution in [3.05, 3.63) is 72.8 Å². The molecular formula is C20H19N3O3S. The molecule has 1 N–H and O–H groups in total. The van der Waals surface area contributed by atoms with Crippen LogP contribution in [0.4, 0.5) is 0 Å². The van der Waals surface area contributed by atoms with Crippen LogP contribution in [-0.4, -0.2) is 31.1 Å². The number of sulfonamides is 1. The number of nitrogens with zero attached hydrogens (tertiary/aromatic N) is 2. The molecule has 0 unspecified atom stereocenters. The number of aromatic nitrogens is 2. The summed E-state index contributed by atoms with van der Waals surface area (Å²) in [6.45, 7) is 2.11. The van der Waals surface area contributed by atoms with E-state index in [0.29, 0.717) is 5.75 Å². The van der Waals surface area contributed by atoms with Gasteiger partial charge in [-0.25, -0.2) is 13.4 Å². The number of aryl methyl sites for hydroxylation is 1. The molecule has 0 aliphatic rings. The fourth-order valence-corrected chi connectivity index (χ4v) is 3.21. The summed E-state index contributed by atoms with van der Waals surface area (Å²) in [7, 11) is -3.54. The molecule has 0 saturated heterocycles. The van der Waals surface area contributed by atoms with Gasteiger partial charge >= 0.3 is 0 Å². The van der Waals surface area contributed by atoms with E-state index < -0.39 is 10.0 Å². The van der Waals surface area contributed by atoms with E-state index in [0.717, 1.165) is 11.3 Å². The lowest BCUT2D eigenvalue weighted by atomic mass is 10.2. The minimum Gasteiger partial charge on any atom is -0.481 e. The molecule has 0 fully saturated rings. The quantitative estimate of drug-likeness (QED) is 0.666. The van der Waals surface area contributed by atoms with Gasteiger partial charge in [0, 0.05) is 18.1 Å². The molecule has 0 aliphatic carbocycles. The molecule has 0 atom stereocenters. The first-order valence-corrected chi connectivity index (χ1v) is 9.76. The summed E-state index contributed by atoms with van der Waals surface area (Å²) in [6, 6.07) is 14.2. The Morgan fingerprint density at radius 2 is 1.81 bits per heavy atom. The summed E-state index contributed by atoms with van der Waals surface area (Å²) in [5.41, 5.74) is 1.99. The van der Waals surface area contributed by atoms with E-state index in [9.17, 15) is 8.42 Å². The SMILES string of the molecule is Cc1ccc(S(=O)(=O)NCC#CCOc2ccc(-n3ccnc3)cc2)cc1. The van der Waals surface area contributed by atoms with Gasteiger partial charge in [-0.05, 0) is 43.3 Å². The molecule has 7 heteroatoms. The van der Waals surface area contributed by atoms with Gasteiger partial charge in [0.15, 0.2) is 0 Å². The first kappa shape index (κ1) is 18.7. The van der Waals surface area contributed by atoms with Crippen LogP contribution in [0.5, 0.6) is 5.75 Å². The lowest BCUT2D eigenvalue weighted by Gasteiger charge is -2.05. The zero-order valence-corrected chi connectivity index (χ0v) is 15.6. The van der Waals surface area contributed by atoms with Crippen LogP contribution in [0.1, 0.15) is 5.56 Å². The van der Waals surface area contributed by atoms with Crippen molar-refractivity contribution < 1.29 is 13.2 Å². The molecule has 0 aliphatic heterocycles. The lowest BCUT2D eigenvalue weighted by Crippen LogP contribution is -2.24. The van der Waals surface area contributed by atoms with Gasteiger partial charge in [-0.2, -0.15) is 4.72 Å². The first-order valence-electron chi connectivity index (χ1n) is 8.28. The second-order valence-electron chi connectivity index (χ2n) is 5.74. The van der Waals surface area contributed by atoms with Crippen LogP contribution in [0.3, 0.4) is 0 Å². The predicted octanol–water partition coefficient (Wildman–Crippen LogP) is 2.54. The topological polar surface area (TPSA) is 73.2 Å². The van der Waals surface area contributed by atoms with Crippen molar-refractivity contribution in [3.8, 4) is 23.3 Å². The Labute approximate surface area is 158 Å². The second kappa shape index (κ2) is 8.54. The average molecular weight is 381 g/mol. The van der Waals surface area contributed by atoms with Crippen LogP contribution in [0, 0.1) is 18.8 Å². The highest BCUT2D eigenvalue weighted by Crippen LogP contribution is 2.14. The summed E-state index contributed by atoms with van der Waals surface area (Å²) in [5, 5.41) is 0. The van der Waals surface area contributed by atoms with Crippen molar-refractivity contribution in [1.82, 2.24) is 14.3 Å². The molecule has 0 amide bonds. The van der Waals surface area contributed by atoms with Crippen LogP contribution in [-0.2, 0) is 10.0 Å². The van der Waals surface area contributed by atoms with Gasteiger partial charge in [-0.1, -0.05) is 29.5 Å². The maximum Gasteiger partial charge on any atom is 0.241 e. The standard InChI is InChI=1S/C20H19N3O3S/c1-17-4-10-20(11-5-17)27(24,25)22-12-2-3-15-26-19-8-6-18(7-9-19)23-14-13-21-16-23/h4-11,13-14,16,22H,12,15H2,1H3. The van der Waals surface area contributed by atoms with E-state index in [2.05, 4.69) is 21.5 Å². The summed E-state index contributed by atoms with van der Waals surface area (Å²) in [5.74, 6) is 6.23. The Kier molecular flexibility index (Phi) is 5.91. The molecular weight excluding hydrogens is 362 g/mol. The van der Waals surface area contributed by atoms with Gasteiger partial charge in [0.05, 0.1) is 17.8 Å². The van der Waals surface area contributed by atoms with Crippen molar-refractivity contribution in [2.75, 3.05) is 13.2 Å². The normalized spacial score (nSPS) is 10.9. The van der Waals surface area contributed by atoms with Gasteiger partial charge in [-0.15, -0.1) is 0 Å². The van der Waals surface area contributed by atoms with Crippen LogP contribution in [0.2, 0.25) is 0 Å². The molecule has 6 nitrogen and oxygen atoms in total. The smallest absolute Gasteiger partial charge is 0.241 e. The zero-order chi connectivity index (χ0) is 19.1. The number of nitrogens with one attached hydrogen (secondary N) is 1. The van der Waals surface area contributed by atoms with E-state index in [1.54, 1.807) is 36.8 Å². The van der Waals surface area contributed by atoms with E-state index in [-0.39, 0.29) is 18.0 Å². The monoisotopic (exact) mass is 381 g/mol. The highest BCUT2D eigenvalue weighted by Gasteiger charge is 2.11. The third-order valence-electron chi connectivity index (χ3n) is 3.76. The first-order chi connectivity index (χ1) is 13.0. The van der Waals surface area contributed by atoms with E-state index >= 15 is 0 Å². The van der Waals surface area contributed by atoms with Gasteiger partial charge in [0.25, 0.3) is 0 Å². The Balaban J connectivity index is 1.46. The molecule has 0 bridgehead atoms. The molecule has 27 heavy (non-hydrogen) atoms. The number of benzene rings is 2. The molecule has 3 rings (SSSR count). The summed E-state index contributed by atoms with van der Waals surface area (Å²) < 4.78 is 34.1. The number of rotatable bonds is 6. The van der Waals surface area contributed by atoms with Gasteiger partial charge in [0.2, 0.25) is 10.0 Å². The second-order valence-corrected chi connectivity index (χ2v) is 7.51. The largest absolute Gasteiger partial charge is 0.481 e. The maximum atomic E-state index is 12.1. The van der Waals surface area contributed by atoms with Crippen molar-refractivity contribution in [1.29, 1.82) is 0 Å². The molecule has 0 radical (unpaired) electrons. The van der Waals surface area contributed by atoms with Crippen LogP contribution in [0.25, 0.3) is 5.69 Å². The van der Waals surface area contributed by atoms with Crippen LogP contribution < -0.4 is 9.46 Å². The number of ether oxygens (including phenoxy) is 1. The Morgan fingerprint density at radius 1 is 1.07 bits per heavy atom. The third-order valence-corrected chi connectivity index (χ3v) is 5.17.